The standard InChI is InChI=1S/C30H30N6O/c1-7-8-19(2)9-11-25-24(10-12-26(33-25)34-30(37)22(5)31-6)29-28(23-13-15-32-21(4)18-23)35-27-17-20(3)14-16-36(27)29/h7-8,10,12-18,22,31H,2H2,1,3-6H3,(H,33,34,37)/b8-7-/t22-/m0/s1. The monoisotopic (exact) mass is 490 g/mol. The number of nitrogens with one attached hydrogen (secondary N) is 2. The quantitative estimate of drug-likeness (QED) is 0.290. The number of nitrogens with zero attached hydrogens (tertiary/aromatic N) is 4. The Balaban J connectivity index is 1.96. The predicted octanol–water partition coefficient (Wildman–Crippen LogP) is 5.11. The number of likely N-dealkylation sites (N-methyl/N-ethyl adjacent to an activating group) is 1. The lowest BCUT2D eigenvalue weighted by Gasteiger charge is -2.13. The second-order valence-electron chi connectivity index (χ2n) is 8.79. The molecule has 1 atom stereocenters. The topological polar surface area (TPSA) is 84.2 Å². The first-order valence-corrected chi connectivity index (χ1v) is 12.1. The van der Waals surface area contributed by atoms with E-state index in [1.54, 1.807) is 26.2 Å². The van der Waals surface area contributed by atoms with Gasteiger partial charge in [0, 0.05) is 34.8 Å². The summed E-state index contributed by atoms with van der Waals surface area (Å²) < 4.78 is 2.04. The number of hydrogen-bond donors (Lipinski definition) is 2. The number of carbonyl (C=O) groups is 1. The van der Waals surface area contributed by atoms with Crippen molar-refractivity contribution in [1.29, 1.82) is 0 Å². The minimum absolute atomic E-state index is 0.182. The van der Waals surface area contributed by atoms with E-state index in [1.165, 1.54) is 0 Å². The molecule has 0 unspecified atom stereocenters. The lowest BCUT2D eigenvalue weighted by atomic mass is 10.0. The first kappa shape index (κ1) is 25.5. The minimum Gasteiger partial charge on any atom is -0.309 e. The maximum Gasteiger partial charge on any atom is 0.242 e. The molecule has 2 N–H and O–H groups in total. The Morgan fingerprint density at radius 2 is 1.97 bits per heavy atom. The van der Waals surface area contributed by atoms with Gasteiger partial charge in [0.05, 0.1) is 17.4 Å². The molecule has 0 saturated carbocycles. The van der Waals surface area contributed by atoms with E-state index in [0.717, 1.165) is 39.4 Å². The average Bonchev–Trinajstić information content (AvgIpc) is 3.25. The Labute approximate surface area is 217 Å². The van der Waals surface area contributed by atoms with Crippen LogP contribution in [0.3, 0.4) is 0 Å². The number of amides is 1. The Bertz CT molecular complexity index is 1580. The molecule has 0 bridgehead atoms. The smallest absolute Gasteiger partial charge is 0.242 e. The SMILES string of the molecule is C=C(C#Cc1nc(NC(=O)[C@H](C)NC)ccc1-c1c(-c2ccnc(C)c2)nc2cc(C)ccn12)/C=C\C. The van der Waals surface area contributed by atoms with Crippen molar-refractivity contribution < 1.29 is 4.79 Å². The van der Waals surface area contributed by atoms with Crippen molar-refractivity contribution in [2.45, 2.75) is 33.7 Å². The summed E-state index contributed by atoms with van der Waals surface area (Å²) in [7, 11) is 1.74. The molecule has 4 aromatic heterocycles. The summed E-state index contributed by atoms with van der Waals surface area (Å²) in [6.07, 6.45) is 7.52. The molecular weight excluding hydrogens is 460 g/mol. The zero-order chi connectivity index (χ0) is 26.5. The summed E-state index contributed by atoms with van der Waals surface area (Å²) in [5.74, 6) is 6.50. The molecule has 0 fully saturated rings. The van der Waals surface area contributed by atoms with Gasteiger partial charge < -0.3 is 10.6 Å². The molecule has 186 valence electrons. The van der Waals surface area contributed by atoms with Crippen LogP contribution in [0.5, 0.6) is 0 Å². The zero-order valence-electron chi connectivity index (χ0n) is 21.8. The van der Waals surface area contributed by atoms with Crippen LogP contribution >= 0.6 is 0 Å². The van der Waals surface area contributed by atoms with E-state index in [4.69, 9.17) is 9.97 Å². The molecular formula is C30H30N6O. The van der Waals surface area contributed by atoms with Gasteiger partial charge in [0.25, 0.3) is 0 Å². The van der Waals surface area contributed by atoms with E-state index < -0.39 is 0 Å². The number of hydrogen-bond acceptors (Lipinski definition) is 5. The number of aryl methyl sites for hydroxylation is 2. The Kier molecular flexibility index (Phi) is 7.61. The van der Waals surface area contributed by atoms with Crippen molar-refractivity contribution in [3.8, 4) is 34.4 Å². The lowest BCUT2D eigenvalue weighted by Crippen LogP contribution is -2.35. The van der Waals surface area contributed by atoms with Gasteiger partial charge in [-0.1, -0.05) is 24.7 Å². The largest absolute Gasteiger partial charge is 0.309 e. The van der Waals surface area contributed by atoms with Crippen LogP contribution in [0, 0.1) is 25.7 Å². The van der Waals surface area contributed by atoms with Crippen LogP contribution in [0.4, 0.5) is 5.82 Å². The molecule has 0 aliphatic heterocycles. The summed E-state index contributed by atoms with van der Waals surface area (Å²) in [4.78, 5) is 26.6. The molecule has 0 aliphatic rings. The molecule has 4 rings (SSSR count). The van der Waals surface area contributed by atoms with Crippen molar-refractivity contribution in [3.63, 3.8) is 0 Å². The summed E-state index contributed by atoms with van der Waals surface area (Å²) in [6, 6.07) is 11.4. The van der Waals surface area contributed by atoms with Gasteiger partial charge in [-0.25, -0.2) is 9.97 Å². The van der Waals surface area contributed by atoms with Gasteiger partial charge in [-0.2, -0.15) is 0 Å². The van der Waals surface area contributed by atoms with Gasteiger partial charge in [-0.3, -0.25) is 14.2 Å². The third-order valence-corrected chi connectivity index (χ3v) is 5.89. The molecule has 1 amide bonds. The highest BCUT2D eigenvalue weighted by Gasteiger charge is 2.20. The van der Waals surface area contributed by atoms with E-state index in [1.807, 2.05) is 73.9 Å². The number of anilines is 1. The lowest BCUT2D eigenvalue weighted by molar-refractivity contribution is -0.117. The Morgan fingerprint density at radius 3 is 2.70 bits per heavy atom. The third-order valence-electron chi connectivity index (χ3n) is 5.89. The van der Waals surface area contributed by atoms with E-state index in [0.29, 0.717) is 17.1 Å². The number of imidazole rings is 1. The number of carbonyl (C=O) groups excluding carboxylic acids is 1. The van der Waals surface area contributed by atoms with Crippen molar-refractivity contribution in [2.24, 2.45) is 0 Å². The van der Waals surface area contributed by atoms with Crippen LogP contribution in [0.1, 0.15) is 30.8 Å². The van der Waals surface area contributed by atoms with E-state index in [2.05, 4.69) is 34.0 Å². The average molecular weight is 491 g/mol. The molecule has 7 heteroatoms. The number of fused-ring (bicyclic) bond motifs is 1. The van der Waals surface area contributed by atoms with Gasteiger partial charge in [0.2, 0.25) is 5.91 Å². The van der Waals surface area contributed by atoms with Crippen LogP contribution in [0.2, 0.25) is 0 Å². The maximum absolute atomic E-state index is 12.5. The Hall–Kier alpha value is -4.54. The van der Waals surface area contributed by atoms with Gasteiger partial charge in [0.1, 0.15) is 17.2 Å². The van der Waals surface area contributed by atoms with Crippen LogP contribution in [0.25, 0.3) is 28.2 Å². The van der Waals surface area contributed by atoms with Crippen molar-refractivity contribution in [3.05, 3.63) is 90.0 Å². The van der Waals surface area contributed by atoms with Gasteiger partial charge in [-0.15, -0.1) is 0 Å². The summed E-state index contributed by atoms with van der Waals surface area (Å²) in [5, 5.41) is 5.81. The highest BCUT2D eigenvalue weighted by atomic mass is 16.2. The molecule has 0 aliphatic carbocycles. The van der Waals surface area contributed by atoms with Crippen molar-refractivity contribution in [2.75, 3.05) is 12.4 Å². The zero-order valence-corrected chi connectivity index (χ0v) is 21.8. The maximum atomic E-state index is 12.5. The van der Waals surface area contributed by atoms with Gasteiger partial charge in [0.15, 0.2) is 0 Å². The highest BCUT2D eigenvalue weighted by Crippen LogP contribution is 2.35. The predicted molar refractivity (Wildman–Crippen MR) is 149 cm³/mol. The molecule has 0 aromatic carbocycles. The fourth-order valence-electron chi connectivity index (χ4n) is 3.86. The van der Waals surface area contributed by atoms with Gasteiger partial charge in [-0.05, 0) is 82.6 Å². The third kappa shape index (κ3) is 5.66. The highest BCUT2D eigenvalue weighted by molar-refractivity contribution is 5.94. The molecule has 7 nitrogen and oxygen atoms in total. The first-order valence-electron chi connectivity index (χ1n) is 12.1. The summed E-state index contributed by atoms with van der Waals surface area (Å²) in [6.45, 7) is 11.7. The number of allylic oxidation sites excluding steroid dienone is 3. The molecule has 37 heavy (non-hydrogen) atoms. The molecule has 0 radical (unpaired) electrons. The number of rotatable bonds is 6. The van der Waals surface area contributed by atoms with Crippen LogP contribution in [0.15, 0.2) is 73.1 Å². The second-order valence-corrected chi connectivity index (χ2v) is 8.79. The molecule has 0 saturated heterocycles. The van der Waals surface area contributed by atoms with Crippen LogP contribution in [-0.2, 0) is 4.79 Å². The number of pyridine rings is 3. The van der Waals surface area contributed by atoms with E-state index in [-0.39, 0.29) is 11.9 Å². The van der Waals surface area contributed by atoms with Crippen LogP contribution in [-0.4, -0.2) is 38.3 Å². The number of aromatic nitrogens is 4. The second kappa shape index (κ2) is 11.0. The molecule has 4 aromatic rings. The van der Waals surface area contributed by atoms with E-state index in [9.17, 15) is 4.79 Å². The van der Waals surface area contributed by atoms with E-state index >= 15 is 0 Å². The fraction of sp³-hybridized carbons (Fsp3) is 0.200. The van der Waals surface area contributed by atoms with Crippen molar-refractivity contribution >= 4 is 17.4 Å². The molecule has 4 heterocycles. The van der Waals surface area contributed by atoms with Crippen molar-refractivity contribution in [1.82, 2.24) is 24.7 Å². The minimum atomic E-state index is -0.367. The summed E-state index contributed by atoms with van der Waals surface area (Å²) >= 11 is 0. The van der Waals surface area contributed by atoms with Gasteiger partial charge >= 0.3 is 0 Å². The van der Waals surface area contributed by atoms with Crippen LogP contribution < -0.4 is 10.6 Å². The fourth-order valence-corrected chi connectivity index (χ4v) is 3.86. The molecule has 0 spiro atoms. The summed E-state index contributed by atoms with van der Waals surface area (Å²) in [5.41, 5.74) is 7.39. The Morgan fingerprint density at radius 1 is 1.16 bits per heavy atom. The first-order chi connectivity index (χ1) is 17.8. The normalized spacial score (nSPS) is 11.8.